The first-order valence-corrected chi connectivity index (χ1v) is 16.6. The molecule has 0 spiro atoms. The van der Waals surface area contributed by atoms with Crippen LogP contribution in [0.3, 0.4) is 0 Å². The number of fused-ring (bicyclic) bond motifs is 2. The van der Waals surface area contributed by atoms with E-state index in [0.29, 0.717) is 30.1 Å². The summed E-state index contributed by atoms with van der Waals surface area (Å²) in [4.78, 5) is 31.1. The van der Waals surface area contributed by atoms with Gasteiger partial charge in [0.05, 0.1) is 24.6 Å². The molecule has 8 nitrogen and oxygen atoms in total. The van der Waals surface area contributed by atoms with Crippen LogP contribution in [0.5, 0.6) is 5.75 Å². The van der Waals surface area contributed by atoms with Gasteiger partial charge >= 0.3 is 0 Å². The molecule has 0 saturated heterocycles. The molecule has 4 aromatic carbocycles. The molecule has 3 atom stereocenters. The van der Waals surface area contributed by atoms with Crippen molar-refractivity contribution in [2.24, 2.45) is 13.0 Å². The van der Waals surface area contributed by atoms with Crippen molar-refractivity contribution in [1.29, 1.82) is 0 Å². The van der Waals surface area contributed by atoms with Crippen LogP contribution in [-0.2, 0) is 24.8 Å². The van der Waals surface area contributed by atoms with Crippen molar-refractivity contribution in [2.45, 2.75) is 39.0 Å². The summed E-state index contributed by atoms with van der Waals surface area (Å²) in [6, 6.07) is 31.9. The highest BCUT2D eigenvalue weighted by Gasteiger charge is 2.33. The van der Waals surface area contributed by atoms with Gasteiger partial charge in [0.15, 0.2) is 0 Å². The van der Waals surface area contributed by atoms with Crippen LogP contribution in [-0.4, -0.2) is 70.2 Å². The summed E-state index contributed by atoms with van der Waals surface area (Å²) in [5.41, 5.74) is 6.47. The number of aliphatic hydroxyl groups is 1. The van der Waals surface area contributed by atoms with Crippen LogP contribution in [0.15, 0.2) is 103 Å². The minimum Gasteiger partial charge on any atom is -0.488 e. The van der Waals surface area contributed by atoms with E-state index in [4.69, 9.17) is 4.74 Å². The Kier molecular flexibility index (Phi) is 9.94. The van der Waals surface area contributed by atoms with Gasteiger partial charge in [0, 0.05) is 55.4 Å². The fourth-order valence-electron chi connectivity index (χ4n) is 6.58. The van der Waals surface area contributed by atoms with Crippen LogP contribution in [0.1, 0.15) is 35.3 Å². The van der Waals surface area contributed by atoms with Gasteiger partial charge < -0.3 is 24.6 Å². The molecule has 1 aliphatic heterocycles. The zero-order chi connectivity index (χ0) is 33.8. The SMILES string of the molecule is C[C@H]1CN([C@@H](C)CO)C(=O)c2cc(NC(=O)Cc3cn(C)c4ccccc34)ccc2O[C@H]1CN(C)Cc1ccc(-c2ccccc2)cc1. The van der Waals surface area contributed by atoms with E-state index in [0.717, 1.165) is 23.0 Å². The first kappa shape index (κ1) is 33.0. The molecule has 2 N–H and O–H groups in total. The van der Waals surface area contributed by atoms with Crippen molar-refractivity contribution < 1.29 is 19.4 Å². The van der Waals surface area contributed by atoms with Crippen LogP contribution < -0.4 is 10.1 Å². The van der Waals surface area contributed by atoms with Crippen LogP contribution in [0.25, 0.3) is 22.0 Å². The van der Waals surface area contributed by atoms with Gasteiger partial charge in [-0.15, -0.1) is 0 Å². The van der Waals surface area contributed by atoms with Gasteiger partial charge in [-0.05, 0) is 60.5 Å². The van der Waals surface area contributed by atoms with Gasteiger partial charge in [-0.3, -0.25) is 14.5 Å². The molecule has 1 aromatic heterocycles. The Hall–Kier alpha value is -4.92. The Labute approximate surface area is 282 Å². The number of hydrogen-bond donors (Lipinski definition) is 2. The molecule has 248 valence electrons. The summed E-state index contributed by atoms with van der Waals surface area (Å²) >= 11 is 0. The van der Waals surface area contributed by atoms with Gasteiger partial charge in [-0.25, -0.2) is 0 Å². The van der Waals surface area contributed by atoms with Gasteiger partial charge in [-0.2, -0.15) is 0 Å². The zero-order valence-electron chi connectivity index (χ0n) is 28.1. The third-order valence-electron chi connectivity index (χ3n) is 9.28. The average Bonchev–Trinajstić information content (AvgIpc) is 3.41. The molecule has 8 heteroatoms. The standard InChI is InChI=1S/C40H44N4O4/c1-27-22-44(28(2)26-45)40(47)35-21-33(41-39(46)20-32-24-43(4)36-13-9-8-12-34(32)36)18-19-37(35)48-38(27)25-42(3)23-29-14-16-31(17-15-29)30-10-6-5-7-11-30/h5-19,21,24,27-28,38,45H,20,22-23,25-26H2,1-4H3,(H,41,46)/t27-,28-,38-/m0/s1. The fraction of sp³-hybridized carbons (Fsp3) is 0.300. The number of ether oxygens (including phenoxy) is 1. The predicted molar refractivity (Wildman–Crippen MR) is 191 cm³/mol. The number of nitrogens with one attached hydrogen (secondary N) is 1. The van der Waals surface area contributed by atoms with Crippen molar-refractivity contribution in [3.8, 4) is 16.9 Å². The topological polar surface area (TPSA) is 87.0 Å². The first-order chi connectivity index (χ1) is 23.2. The maximum Gasteiger partial charge on any atom is 0.258 e. The first-order valence-electron chi connectivity index (χ1n) is 16.6. The molecule has 0 fully saturated rings. The number of benzene rings is 4. The second kappa shape index (κ2) is 14.5. The minimum atomic E-state index is -0.378. The second-order valence-corrected chi connectivity index (χ2v) is 13.1. The minimum absolute atomic E-state index is 0.000851. The molecule has 5 aromatic rings. The molecular formula is C40H44N4O4. The molecule has 48 heavy (non-hydrogen) atoms. The van der Waals surface area contributed by atoms with E-state index in [-0.39, 0.29) is 42.9 Å². The van der Waals surface area contributed by atoms with E-state index in [1.165, 1.54) is 16.7 Å². The average molecular weight is 645 g/mol. The number of amides is 2. The van der Waals surface area contributed by atoms with E-state index in [9.17, 15) is 14.7 Å². The summed E-state index contributed by atoms with van der Waals surface area (Å²) in [5.74, 6) is 0.0725. The van der Waals surface area contributed by atoms with Gasteiger partial charge in [-0.1, -0.05) is 79.7 Å². The van der Waals surface area contributed by atoms with Crippen LogP contribution in [0, 0.1) is 5.92 Å². The van der Waals surface area contributed by atoms with Crippen LogP contribution in [0.2, 0.25) is 0 Å². The van der Waals surface area contributed by atoms with Gasteiger partial charge in [0.1, 0.15) is 11.9 Å². The van der Waals surface area contributed by atoms with Gasteiger partial charge in [0.25, 0.3) is 5.91 Å². The zero-order valence-corrected chi connectivity index (χ0v) is 28.1. The summed E-state index contributed by atoms with van der Waals surface area (Å²) < 4.78 is 8.63. The molecule has 1 aliphatic rings. The number of likely N-dealkylation sites (N-methyl/N-ethyl adjacent to an activating group) is 1. The van der Waals surface area contributed by atoms with Crippen molar-refractivity contribution in [3.05, 3.63) is 120 Å². The van der Waals surface area contributed by atoms with E-state index < -0.39 is 0 Å². The Morgan fingerprint density at radius 1 is 1.00 bits per heavy atom. The lowest BCUT2D eigenvalue weighted by molar-refractivity contribution is -0.115. The number of aryl methyl sites for hydroxylation is 1. The number of carbonyl (C=O) groups is 2. The maximum atomic E-state index is 13.9. The summed E-state index contributed by atoms with van der Waals surface area (Å²) in [7, 11) is 4.05. The monoisotopic (exact) mass is 644 g/mol. The fourth-order valence-corrected chi connectivity index (χ4v) is 6.58. The quantitative estimate of drug-likeness (QED) is 0.184. The Morgan fingerprint density at radius 3 is 2.46 bits per heavy atom. The normalized spacial score (nSPS) is 17.0. The molecule has 0 radical (unpaired) electrons. The largest absolute Gasteiger partial charge is 0.488 e. The molecule has 0 bridgehead atoms. The molecule has 2 heterocycles. The van der Waals surface area contributed by atoms with Crippen LogP contribution >= 0.6 is 0 Å². The van der Waals surface area contributed by atoms with Crippen molar-refractivity contribution in [1.82, 2.24) is 14.4 Å². The highest BCUT2D eigenvalue weighted by Crippen LogP contribution is 2.31. The number of nitrogens with zero attached hydrogens (tertiary/aromatic N) is 3. The number of aromatic nitrogens is 1. The van der Waals surface area contributed by atoms with Crippen molar-refractivity contribution >= 4 is 28.4 Å². The third kappa shape index (κ3) is 7.30. The summed E-state index contributed by atoms with van der Waals surface area (Å²) in [6.45, 7) is 5.60. The number of carbonyl (C=O) groups excluding carboxylic acids is 2. The number of hydrogen-bond acceptors (Lipinski definition) is 5. The number of aliphatic hydroxyl groups excluding tert-OH is 1. The highest BCUT2D eigenvalue weighted by molar-refractivity contribution is 6.00. The number of para-hydroxylation sites is 1. The molecule has 6 rings (SSSR count). The Morgan fingerprint density at radius 2 is 1.71 bits per heavy atom. The second-order valence-electron chi connectivity index (χ2n) is 13.1. The number of rotatable bonds is 10. The molecule has 2 amide bonds. The van der Waals surface area contributed by atoms with E-state index in [2.05, 4.69) is 60.6 Å². The van der Waals surface area contributed by atoms with Gasteiger partial charge in [0.2, 0.25) is 5.91 Å². The Bertz CT molecular complexity index is 1890. The smallest absolute Gasteiger partial charge is 0.258 e. The summed E-state index contributed by atoms with van der Waals surface area (Å²) in [5, 5.41) is 14.1. The molecule has 0 unspecified atom stereocenters. The van der Waals surface area contributed by atoms with Crippen molar-refractivity contribution in [2.75, 3.05) is 32.1 Å². The lowest BCUT2D eigenvalue weighted by atomic mass is 9.99. The lowest BCUT2D eigenvalue weighted by Crippen LogP contribution is -2.49. The third-order valence-corrected chi connectivity index (χ3v) is 9.28. The molecular weight excluding hydrogens is 600 g/mol. The molecule has 0 aliphatic carbocycles. The van der Waals surface area contributed by atoms with Crippen LogP contribution in [0.4, 0.5) is 5.69 Å². The predicted octanol–water partition coefficient (Wildman–Crippen LogP) is 6.38. The lowest BCUT2D eigenvalue weighted by Gasteiger charge is -2.38. The summed E-state index contributed by atoms with van der Waals surface area (Å²) in [6.07, 6.45) is 1.97. The number of anilines is 1. The van der Waals surface area contributed by atoms with Crippen molar-refractivity contribution in [3.63, 3.8) is 0 Å². The molecule has 0 saturated carbocycles. The Balaban J connectivity index is 1.19. The highest BCUT2D eigenvalue weighted by atomic mass is 16.5. The maximum absolute atomic E-state index is 13.9. The van der Waals surface area contributed by atoms with E-state index in [1.54, 1.807) is 23.1 Å². The van der Waals surface area contributed by atoms with E-state index >= 15 is 0 Å². The van der Waals surface area contributed by atoms with E-state index in [1.807, 2.05) is 67.2 Å².